The van der Waals surface area contributed by atoms with Gasteiger partial charge in [0.15, 0.2) is 0 Å². The SMILES string of the molecule is Cn1cc(-c2cnc(N)nc2[C@@H]2CCCN2Cc2ccc(F)cc2)cn1. The summed E-state index contributed by atoms with van der Waals surface area (Å²) in [5, 5.41) is 4.26. The van der Waals surface area contributed by atoms with Gasteiger partial charge in [0.2, 0.25) is 5.95 Å². The molecule has 1 aliphatic rings. The summed E-state index contributed by atoms with van der Waals surface area (Å²) >= 11 is 0. The fourth-order valence-electron chi connectivity index (χ4n) is 3.60. The molecule has 0 radical (unpaired) electrons. The van der Waals surface area contributed by atoms with Gasteiger partial charge in [-0.15, -0.1) is 0 Å². The largest absolute Gasteiger partial charge is 0.368 e. The van der Waals surface area contributed by atoms with Crippen molar-refractivity contribution in [3.63, 3.8) is 0 Å². The molecule has 2 N–H and O–H groups in total. The molecule has 1 aliphatic heterocycles. The Morgan fingerprint density at radius 3 is 2.77 bits per heavy atom. The van der Waals surface area contributed by atoms with Gasteiger partial charge in [-0.1, -0.05) is 12.1 Å². The van der Waals surface area contributed by atoms with E-state index >= 15 is 0 Å². The van der Waals surface area contributed by atoms with E-state index in [1.807, 2.05) is 31.6 Å². The molecule has 0 spiro atoms. The van der Waals surface area contributed by atoms with E-state index in [4.69, 9.17) is 5.73 Å². The molecule has 2 aromatic heterocycles. The Labute approximate surface area is 151 Å². The molecule has 134 valence electrons. The number of nitrogens with two attached hydrogens (primary N) is 1. The molecule has 3 aromatic rings. The number of likely N-dealkylation sites (tertiary alicyclic amines) is 1. The minimum absolute atomic E-state index is 0.153. The molecule has 7 heteroatoms. The number of hydrogen-bond acceptors (Lipinski definition) is 5. The minimum atomic E-state index is -0.214. The van der Waals surface area contributed by atoms with E-state index in [2.05, 4.69) is 20.0 Å². The average molecular weight is 352 g/mol. The van der Waals surface area contributed by atoms with Crippen LogP contribution in [0.2, 0.25) is 0 Å². The van der Waals surface area contributed by atoms with Crippen LogP contribution < -0.4 is 5.73 Å². The van der Waals surface area contributed by atoms with Gasteiger partial charge in [0.1, 0.15) is 5.82 Å². The number of aromatic nitrogens is 4. The van der Waals surface area contributed by atoms with E-state index in [1.54, 1.807) is 10.9 Å². The Hall–Kier alpha value is -2.80. The zero-order valence-corrected chi connectivity index (χ0v) is 14.6. The number of rotatable bonds is 4. The van der Waals surface area contributed by atoms with Crippen molar-refractivity contribution in [3.8, 4) is 11.1 Å². The van der Waals surface area contributed by atoms with Crippen molar-refractivity contribution in [2.24, 2.45) is 7.05 Å². The summed E-state index contributed by atoms with van der Waals surface area (Å²) in [6, 6.07) is 6.83. The van der Waals surface area contributed by atoms with E-state index in [-0.39, 0.29) is 17.8 Å². The summed E-state index contributed by atoms with van der Waals surface area (Å²) in [4.78, 5) is 11.1. The van der Waals surface area contributed by atoms with Gasteiger partial charge in [0.25, 0.3) is 0 Å². The van der Waals surface area contributed by atoms with Crippen molar-refractivity contribution in [2.45, 2.75) is 25.4 Å². The predicted octanol–water partition coefficient (Wildman–Crippen LogP) is 2.94. The van der Waals surface area contributed by atoms with E-state index in [0.717, 1.165) is 48.3 Å². The third kappa shape index (κ3) is 3.30. The zero-order chi connectivity index (χ0) is 18.1. The Kier molecular flexibility index (Phi) is 4.38. The first-order valence-corrected chi connectivity index (χ1v) is 8.70. The summed E-state index contributed by atoms with van der Waals surface area (Å²) in [6.07, 6.45) is 7.64. The van der Waals surface area contributed by atoms with Gasteiger partial charge >= 0.3 is 0 Å². The minimum Gasteiger partial charge on any atom is -0.368 e. The first-order valence-electron chi connectivity index (χ1n) is 8.70. The van der Waals surface area contributed by atoms with E-state index in [0.29, 0.717) is 0 Å². The molecule has 0 aliphatic carbocycles. The summed E-state index contributed by atoms with van der Waals surface area (Å²) in [6.45, 7) is 1.72. The molecule has 1 aromatic carbocycles. The molecule has 1 atom stereocenters. The highest BCUT2D eigenvalue weighted by molar-refractivity contribution is 5.64. The fraction of sp³-hybridized carbons (Fsp3) is 0.316. The van der Waals surface area contributed by atoms with Crippen molar-refractivity contribution in [3.05, 3.63) is 59.9 Å². The van der Waals surface area contributed by atoms with Gasteiger partial charge in [-0.25, -0.2) is 14.4 Å². The van der Waals surface area contributed by atoms with Crippen LogP contribution >= 0.6 is 0 Å². The predicted molar refractivity (Wildman–Crippen MR) is 97.4 cm³/mol. The normalized spacial score (nSPS) is 17.7. The molecular weight excluding hydrogens is 331 g/mol. The van der Waals surface area contributed by atoms with Crippen LogP contribution in [-0.4, -0.2) is 31.2 Å². The second-order valence-electron chi connectivity index (χ2n) is 6.68. The number of nitrogen functional groups attached to an aromatic ring is 1. The maximum atomic E-state index is 13.2. The van der Waals surface area contributed by atoms with E-state index in [9.17, 15) is 4.39 Å². The molecule has 1 fully saturated rings. The Balaban J connectivity index is 1.67. The standard InChI is InChI=1S/C19H21FN6/c1-25-12-14(9-23-25)16-10-22-19(21)24-18(16)17-3-2-8-26(17)11-13-4-6-15(20)7-5-13/h4-7,9-10,12,17H,2-3,8,11H2,1H3,(H2,21,22,24)/t17-/m0/s1. The van der Waals surface area contributed by atoms with Crippen molar-refractivity contribution in [1.82, 2.24) is 24.6 Å². The Morgan fingerprint density at radius 1 is 1.23 bits per heavy atom. The molecule has 4 rings (SSSR count). The smallest absolute Gasteiger partial charge is 0.220 e. The number of hydrogen-bond donors (Lipinski definition) is 1. The maximum absolute atomic E-state index is 13.2. The quantitative estimate of drug-likeness (QED) is 0.781. The molecule has 1 saturated heterocycles. The van der Waals surface area contributed by atoms with Crippen LogP contribution in [0.15, 0.2) is 42.9 Å². The van der Waals surface area contributed by atoms with Crippen LogP contribution in [0.1, 0.15) is 30.1 Å². The number of anilines is 1. The lowest BCUT2D eigenvalue weighted by molar-refractivity contribution is 0.245. The van der Waals surface area contributed by atoms with E-state index < -0.39 is 0 Å². The lowest BCUT2D eigenvalue weighted by Crippen LogP contribution is -2.24. The number of halogens is 1. The molecular formula is C19H21FN6. The van der Waals surface area contributed by atoms with Crippen molar-refractivity contribution in [1.29, 1.82) is 0 Å². The fourth-order valence-corrected chi connectivity index (χ4v) is 3.60. The van der Waals surface area contributed by atoms with Crippen LogP contribution in [0, 0.1) is 5.82 Å². The Morgan fingerprint density at radius 2 is 2.04 bits per heavy atom. The molecule has 3 heterocycles. The lowest BCUT2D eigenvalue weighted by Gasteiger charge is -2.25. The first kappa shape index (κ1) is 16.7. The van der Waals surface area contributed by atoms with Gasteiger partial charge in [-0.3, -0.25) is 9.58 Å². The second kappa shape index (κ2) is 6.84. The summed E-state index contributed by atoms with van der Waals surface area (Å²) < 4.78 is 14.9. The molecule has 0 bridgehead atoms. The summed E-state index contributed by atoms with van der Waals surface area (Å²) in [7, 11) is 1.89. The number of aryl methyl sites for hydroxylation is 1. The molecule has 0 amide bonds. The molecule has 0 saturated carbocycles. The first-order chi connectivity index (χ1) is 12.6. The van der Waals surface area contributed by atoms with Crippen molar-refractivity contribution in [2.75, 3.05) is 12.3 Å². The van der Waals surface area contributed by atoms with Crippen LogP contribution in [0.3, 0.4) is 0 Å². The molecule has 6 nitrogen and oxygen atoms in total. The zero-order valence-electron chi connectivity index (χ0n) is 14.6. The molecule has 26 heavy (non-hydrogen) atoms. The van der Waals surface area contributed by atoms with Crippen LogP contribution in [0.25, 0.3) is 11.1 Å². The van der Waals surface area contributed by atoms with Crippen molar-refractivity contribution < 1.29 is 4.39 Å². The van der Waals surface area contributed by atoms with Crippen molar-refractivity contribution >= 4 is 5.95 Å². The third-order valence-corrected chi connectivity index (χ3v) is 4.83. The highest BCUT2D eigenvalue weighted by Crippen LogP contribution is 2.37. The highest BCUT2D eigenvalue weighted by atomic mass is 19.1. The number of nitrogens with zero attached hydrogens (tertiary/aromatic N) is 5. The van der Waals surface area contributed by atoms with Gasteiger partial charge in [0, 0.05) is 37.1 Å². The van der Waals surface area contributed by atoms with Gasteiger partial charge in [0.05, 0.1) is 17.9 Å². The third-order valence-electron chi connectivity index (χ3n) is 4.83. The molecule has 0 unspecified atom stereocenters. The second-order valence-corrected chi connectivity index (χ2v) is 6.68. The maximum Gasteiger partial charge on any atom is 0.220 e. The van der Waals surface area contributed by atoms with Gasteiger partial charge < -0.3 is 5.73 Å². The van der Waals surface area contributed by atoms with Gasteiger partial charge in [-0.05, 0) is 37.1 Å². The number of benzene rings is 1. The van der Waals surface area contributed by atoms with Gasteiger partial charge in [-0.2, -0.15) is 5.10 Å². The highest BCUT2D eigenvalue weighted by Gasteiger charge is 2.30. The van der Waals surface area contributed by atoms with Crippen LogP contribution in [0.4, 0.5) is 10.3 Å². The van der Waals surface area contributed by atoms with E-state index in [1.165, 1.54) is 12.1 Å². The monoisotopic (exact) mass is 352 g/mol. The Bertz CT molecular complexity index is 905. The summed E-state index contributed by atoms with van der Waals surface area (Å²) in [5.41, 5.74) is 9.86. The topological polar surface area (TPSA) is 72.9 Å². The summed E-state index contributed by atoms with van der Waals surface area (Å²) in [5.74, 6) is 0.0652. The lowest BCUT2D eigenvalue weighted by atomic mass is 10.0. The average Bonchev–Trinajstić information content (AvgIpc) is 3.26. The van der Waals surface area contributed by atoms with Crippen LogP contribution in [-0.2, 0) is 13.6 Å². The van der Waals surface area contributed by atoms with Crippen LogP contribution in [0.5, 0.6) is 0 Å².